The van der Waals surface area contributed by atoms with E-state index in [1.807, 2.05) is 38.1 Å². The van der Waals surface area contributed by atoms with E-state index in [2.05, 4.69) is 20.5 Å². The van der Waals surface area contributed by atoms with Crippen molar-refractivity contribution < 1.29 is 4.79 Å². The van der Waals surface area contributed by atoms with Gasteiger partial charge in [0.25, 0.3) is 5.56 Å². The molecule has 6 heteroatoms. The molecule has 2 aromatic rings. The van der Waals surface area contributed by atoms with Crippen LogP contribution < -0.4 is 10.9 Å². The molecule has 110 valence electrons. The number of H-pyrrole nitrogens is 1. The fraction of sp³-hybridized carbons (Fsp3) is 0.333. The Morgan fingerprint density at radius 2 is 2.05 bits per heavy atom. The smallest absolute Gasteiger partial charge is 0.275 e. The van der Waals surface area contributed by atoms with Gasteiger partial charge in [-0.05, 0) is 18.9 Å². The Morgan fingerprint density at radius 1 is 1.33 bits per heavy atom. The molecule has 1 amide bonds. The van der Waals surface area contributed by atoms with E-state index in [1.165, 1.54) is 6.92 Å². The topological polar surface area (TPSA) is 87.7 Å². The van der Waals surface area contributed by atoms with Crippen molar-refractivity contribution in [1.29, 1.82) is 0 Å². The van der Waals surface area contributed by atoms with E-state index in [0.717, 1.165) is 11.1 Å². The highest BCUT2D eigenvalue weighted by molar-refractivity contribution is 5.73. The maximum Gasteiger partial charge on any atom is 0.275 e. The summed E-state index contributed by atoms with van der Waals surface area (Å²) in [5.74, 6) is 0.227. The van der Waals surface area contributed by atoms with Crippen LogP contribution in [0.5, 0.6) is 0 Å². The Balaban J connectivity index is 2.40. The zero-order valence-corrected chi connectivity index (χ0v) is 12.3. The third kappa shape index (κ3) is 3.34. The number of aromatic nitrogens is 3. The molecule has 0 fully saturated rings. The second kappa shape index (κ2) is 6.30. The molecule has 0 aliphatic carbocycles. The van der Waals surface area contributed by atoms with Gasteiger partial charge >= 0.3 is 0 Å². The van der Waals surface area contributed by atoms with E-state index < -0.39 is 6.04 Å². The molecule has 2 N–H and O–H groups in total. The average Bonchev–Trinajstić information content (AvgIpc) is 2.45. The van der Waals surface area contributed by atoms with Crippen LogP contribution in [0.25, 0.3) is 11.4 Å². The number of nitrogens with one attached hydrogen (secondary N) is 2. The number of aromatic amines is 1. The van der Waals surface area contributed by atoms with Crippen molar-refractivity contribution in [3.8, 4) is 11.4 Å². The third-order valence-electron chi connectivity index (χ3n) is 3.24. The molecule has 1 aromatic heterocycles. The number of benzene rings is 1. The molecule has 0 spiro atoms. The highest BCUT2D eigenvalue weighted by Gasteiger charge is 2.17. The van der Waals surface area contributed by atoms with Crippen molar-refractivity contribution in [3.63, 3.8) is 0 Å². The molecular weight excluding hydrogens is 268 g/mol. The number of aryl methyl sites for hydroxylation is 1. The summed E-state index contributed by atoms with van der Waals surface area (Å²) in [6.07, 6.45) is 0.570. The van der Waals surface area contributed by atoms with Gasteiger partial charge in [0.15, 0.2) is 11.5 Å². The van der Waals surface area contributed by atoms with Gasteiger partial charge in [-0.3, -0.25) is 9.59 Å². The van der Waals surface area contributed by atoms with E-state index in [9.17, 15) is 9.59 Å². The van der Waals surface area contributed by atoms with Crippen LogP contribution in [0.15, 0.2) is 29.1 Å². The average molecular weight is 286 g/mol. The number of hydrogen-bond acceptors (Lipinski definition) is 4. The summed E-state index contributed by atoms with van der Waals surface area (Å²) in [6, 6.07) is 7.19. The monoisotopic (exact) mass is 286 g/mol. The maximum absolute atomic E-state index is 12.2. The van der Waals surface area contributed by atoms with Gasteiger partial charge in [0.1, 0.15) is 0 Å². The summed E-state index contributed by atoms with van der Waals surface area (Å²) in [5, 5.41) is 10.8. The molecule has 0 radical (unpaired) electrons. The molecule has 2 rings (SSSR count). The van der Waals surface area contributed by atoms with Crippen LogP contribution in [-0.4, -0.2) is 21.1 Å². The number of nitrogens with zero attached hydrogens (tertiary/aromatic N) is 2. The predicted octanol–water partition coefficient (Wildman–Crippen LogP) is 1.73. The molecule has 0 bridgehead atoms. The van der Waals surface area contributed by atoms with Crippen molar-refractivity contribution in [2.75, 3.05) is 0 Å². The van der Waals surface area contributed by atoms with Gasteiger partial charge in [-0.25, -0.2) is 0 Å². The first-order chi connectivity index (χ1) is 10.0. The maximum atomic E-state index is 12.2. The van der Waals surface area contributed by atoms with Crippen molar-refractivity contribution >= 4 is 5.91 Å². The lowest BCUT2D eigenvalue weighted by Crippen LogP contribution is -2.32. The van der Waals surface area contributed by atoms with E-state index in [0.29, 0.717) is 12.2 Å². The molecule has 1 unspecified atom stereocenters. The predicted molar refractivity (Wildman–Crippen MR) is 79.7 cm³/mol. The third-order valence-corrected chi connectivity index (χ3v) is 3.24. The fourth-order valence-corrected chi connectivity index (χ4v) is 2.14. The van der Waals surface area contributed by atoms with Crippen LogP contribution in [0, 0.1) is 6.92 Å². The zero-order valence-electron chi connectivity index (χ0n) is 12.3. The van der Waals surface area contributed by atoms with Gasteiger partial charge in [-0.15, -0.1) is 10.2 Å². The molecule has 1 atom stereocenters. The van der Waals surface area contributed by atoms with E-state index >= 15 is 0 Å². The molecular formula is C15H18N4O2. The highest BCUT2D eigenvalue weighted by Crippen LogP contribution is 2.18. The van der Waals surface area contributed by atoms with Gasteiger partial charge in [0.05, 0.1) is 6.04 Å². The molecule has 1 heterocycles. The van der Waals surface area contributed by atoms with Crippen molar-refractivity contribution in [3.05, 3.63) is 45.9 Å². The van der Waals surface area contributed by atoms with Crippen LogP contribution in [0.2, 0.25) is 0 Å². The van der Waals surface area contributed by atoms with Gasteiger partial charge in [-0.1, -0.05) is 31.2 Å². The minimum atomic E-state index is -0.426. The molecule has 1 aromatic carbocycles. The Hall–Kier alpha value is -2.50. The van der Waals surface area contributed by atoms with E-state index in [1.54, 1.807) is 0 Å². The number of amides is 1. The summed E-state index contributed by atoms with van der Waals surface area (Å²) in [4.78, 5) is 26.1. The van der Waals surface area contributed by atoms with Crippen LogP contribution in [0.3, 0.4) is 0 Å². The van der Waals surface area contributed by atoms with E-state index in [4.69, 9.17) is 0 Å². The zero-order chi connectivity index (χ0) is 15.4. The Morgan fingerprint density at radius 3 is 2.62 bits per heavy atom. The van der Waals surface area contributed by atoms with Gasteiger partial charge < -0.3 is 10.3 Å². The lowest BCUT2D eigenvalue weighted by atomic mass is 10.1. The highest BCUT2D eigenvalue weighted by atomic mass is 16.1. The molecule has 0 saturated carbocycles. The minimum absolute atomic E-state index is 0.203. The van der Waals surface area contributed by atoms with Crippen LogP contribution >= 0.6 is 0 Å². The first-order valence-corrected chi connectivity index (χ1v) is 6.83. The molecule has 0 aliphatic heterocycles. The standard InChI is InChI=1S/C15H18N4O2/c1-4-12(16-10(3)20)13-15(21)17-14(19-18-13)11-8-6-5-7-9(11)2/h5-8,12H,4H2,1-3H3,(H,16,20)(H,17,19,21). The Bertz CT molecular complexity index is 709. The van der Waals surface area contributed by atoms with Crippen molar-refractivity contribution in [2.24, 2.45) is 0 Å². The largest absolute Gasteiger partial charge is 0.348 e. The first kappa shape index (κ1) is 14.9. The normalized spacial score (nSPS) is 12.0. The Labute approximate surface area is 122 Å². The van der Waals surface area contributed by atoms with Gasteiger partial charge in [0, 0.05) is 12.5 Å². The quantitative estimate of drug-likeness (QED) is 0.896. The lowest BCUT2D eigenvalue weighted by Gasteiger charge is -2.14. The summed E-state index contributed by atoms with van der Waals surface area (Å²) < 4.78 is 0. The minimum Gasteiger partial charge on any atom is -0.348 e. The summed E-state index contributed by atoms with van der Waals surface area (Å²) in [6.45, 7) is 5.22. The second-order valence-corrected chi connectivity index (χ2v) is 4.86. The second-order valence-electron chi connectivity index (χ2n) is 4.86. The lowest BCUT2D eigenvalue weighted by molar-refractivity contribution is -0.119. The van der Waals surface area contributed by atoms with Crippen LogP contribution in [-0.2, 0) is 4.79 Å². The Kier molecular flexibility index (Phi) is 4.47. The summed E-state index contributed by atoms with van der Waals surface area (Å²) in [7, 11) is 0. The molecule has 21 heavy (non-hydrogen) atoms. The number of carbonyl (C=O) groups excluding carboxylic acids is 1. The van der Waals surface area contributed by atoms with Gasteiger partial charge in [-0.2, -0.15) is 0 Å². The fourth-order valence-electron chi connectivity index (χ4n) is 2.14. The van der Waals surface area contributed by atoms with E-state index in [-0.39, 0.29) is 17.2 Å². The van der Waals surface area contributed by atoms with Crippen LogP contribution in [0.4, 0.5) is 0 Å². The molecule has 0 aliphatic rings. The SMILES string of the molecule is CCC(NC(C)=O)c1nnc(-c2ccccc2C)[nH]c1=O. The number of hydrogen-bond donors (Lipinski definition) is 2. The van der Waals surface area contributed by atoms with Gasteiger partial charge in [0.2, 0.25) is 5.91 Å². The number of rotatable bonds is 4. The first-order valence-electron chi connectivity index (χ1n) is 6.83. The van der Waals surface area contributed by atoms with Crippen LogP contribution in [0.1, 0.15) is 37.6 Å². The summed E-state index contributed by atoms with van der Waals surface area (Å²) >= 11 is 0. The van der Waals surface area contributed by atoms with Crippen molar-refractivity contribution in [1.82, 2.24) is 20.5 Å². The van der Waals surface area contributed by atoms with Crippen molar-refractivity contribution in [2.45, 2.75) is 33.2 Å². The number of carbonyl (C=O) groups is 1. The molecule has 0 saturated heterocycles. The molecule has 6 nitrogen and oxygen atoms in total. The summed E-state index contributed by atoms with van der Waals surface area (Å²) in [5.41, 5.74) is 1.74.